The predicted octanol–water partition coefficient (Wildman–Crippen LogP) is 4.72. The van der Waals surface area contributed by atoms with E-state index in [0.29, 0.717) is 17.9 Å². The van der Waals surface area contributed by atoms with E-state index in [0.717, 1.165) is 11.3 Å². The van der Waals surface area contributed by atoms with Crippen molar-refractivity contribution in [2.24, 2.45) is 5.41 Å². The van der Waals surface area contributed by atoms with Gasteiger partial charge in [-0.3, -0.25) is 4.98 Å². The van der Waals surface area contributed by atoms with E-state index in [9.17, 15) is 4.39 Å². The van der Waals surface area contributed by atoms with Gasteiger partial charge in [-0.25, -0.2) is 4.39 Å². The lowest BCUT2D eigenvalue weighted by molar-refractivity contribution is 0.224. The molecule has 0 fully saturated rings. The molecule has 0 bridgehead atoms. The second-order valence-electron chi connectivity index (χ2n) is 5.81. The fourth-order valence-electron chi connectivity index (χ4n) is 2.37. The van der Waals surface area contributed by atoms with E-state index in [2.05, 4.69) is 24.9 Å². The minimum Gasteiger partial charge on any atom is -0.492 e. The minimum atomic E-state index is -0.458. The number of aromatic nitrogens is 1. The van der Waals surface area contributed by atoms with Gasteiger partial charge in [0.05, 0.1) is 17.3 Å². The molecule has 0 spiro atoms. The van der Waals surface area contributed by atoms with Crippen molar-refractivity contribution in [1.29, 1.82) is 0 Å². The summed E-state index contributed by atoms with van der Waals surface area (Å²) in [7, 11) is 0. The van der Waals surface area contributed by atoms with Crippen molar-refractivity contribution in [2.75, 3.05) is 6.61 Å². The molecule has 2 heterocycles. The van der Waals surface area contributed by atoms with Crippen molar-refractivity contribution < 1.29 is 9.13 Å². The molecule has 3 rings (SSSR count). The first-order valence-electron chi connectivity index (χ1n) is 6.73. The van der Waals surface area contributed by atoms with Crippen LogP contribution in [0.5, 0.6) is 5.75 Å². The van der Waals surface area contributed by atoms with Crippen LogP contribution in [0, 0.1) is 11.2 Å². The van der Waals surface area contributed by atoms with Crippen molar-refractivity contribution in [1.82, 2.24) is 4.98 Å². The topological polar surface area (TPSA) is 22.1 Å². The van der Waals surface area contributed by atoms with Crippen molar-refractivity contribution in [3.63, 3.8) is 0 Å². The molecule has 0 saturated carbocycles. The van der Waals surface area contributed by atoms with Crippen molar-refractivity contribution >= 4 is 17.2 Å². The molecule has 0 amide bonds. The maximum atomic E-state index is 13.9. The van der Waals surface area contributed by atoms with Gasteiger partial charge in [-0.1, -0.05) is 37.6 Å². The average molecular weight is 304 g/mol. The quantitative estimate of drug-likeness (QED) is 0.760. The zero-order valence-electron chi connectivity index (χ0n) is 11.9. The molecule has 0 saturated heterocycles. The zero-order chi connectivity index (χ0) is 15.0. The Balaban J connectivity index is 2.24. The van der Waals surface area contributed by atoms with E-state index in [-0.39, 0.29) is 10.4 Å². The molecule has 0 atom stereocenters. The molecule has 2 aromatic rings. The van der Waals surface area contributed by atoms with Gasteiger partial charge in [-0.05, 0) is 18.2 Å². The molecule has 4 heteroatoms. The second-order valence-corrected chi connectivity index (χ2v) is 6.22. The van der Waals surface area contributed by atoms with Crippen molar-refractivity contribution in [2.45, 2.75) is 13.8 Å². The van der Waals surface area contributed by atoms with Gasteiger partial charge in [0.1, 0.15) is 11.6 Å². The summed E-state index contributed by atoms with van der Waals surface area (Å²) in [6.45, 7) is 4.64. The standard InChI is InChI=1S/C17H15ClFNO/c1-17(2)9-12(15-5-3-4-6-20-15)11-7-14(19)13(18)8-16(11)21-10-17/h3-9H,10H2,1-2H3. The van der Waals surface area contributed by atoms with E-state index in [1.165, 1.54) is 12.1 Å². The molecule has 1 aliphatic heterocycles. The van der Waals surface area contributed by atoms with Crippen LogP contribution in [0.4, 0.5) is 4.39 Å². The Hall–Kier alpha value is -1.87. The van der Waals surface area contributed by atoms with Gasteiger partial charge >= 0.3 is 0 Å². The Morgan fingerprint density at radius 2 is 2.10 bits per heavy atom. The molecule has 1 aromatic heterocycles. The molecular formula is C17H15ClFNO. The molecule has 108 valence electrons. The van der Waals surface area contributed by atoms with Crippen molar-refractivity contribution in [3.8, 4) is 5.75 Å². The Morgan fingerprint density at radius 3 is 2.81 bits per heavy atom. The number of benzene rings is 1. The van der Waals surface area contributed by atoms with Gasteiger partial charge in [0.25, 0.3) is 0 Å². The molecule has 0 radical (unpaired) electrons. The number of halogens is 2. The Bertz CT molecular complexity index is 710. The maximum absolute atomic E-state index is 13.9. The minimum absolute atomic E-state index is 0.0637. The summed E-state index contributed by atoms with van der Waals surface area (Å²) in [6, 6.07) is 8.62. The molecule has 1 aromatic carbocycles. The van der Waals surface area contributed by atoms with Crippen molar-refractivity contribution in [3.05, 3.63) is 64.7 Å². The van der Waals surface area contributed by atoms with E-state index < -0.39 is 5.82 Å². The summed E-state index contributed by atoms with van der Waals surface area (Å²) < 4.78 is 19.7. The molecule has 2 nitrogen and oxygen atoms in total. The highest BCUT2D eigenvalue weighted by atomic mass is 35.5. The summed E-state index contributed by atoms with van der Waals surface area (Å²) >= 11 is 5.87. The number of hydrogen-bond acceptors (Lipinski definition) is 2. The highest BCUT2D eigenvalue weighted by Gasteiger charge is 2.26. The lowest BCUT2D eigenvalue weighted by Gasteiger charge is -2.18. The average Bonchev–Trinajstić information content (AvgIpc) is 2.58. The monoisotopic (exact) mass is 303 g/mol. The Labute approximate surface area is 128 Å². The summed E-state index contributed by atoms with van der Waals surface area (Å²) in [4.78, 5) is 4.38. The van der Waals surface area contributed by atoms with Gasteiger partial charge < -0.3 is 4.74 Å². The van der Waals surface area contributed by atoms with Gasteiger partial charge in [0.15, 0.2) is 0 Å². The van der Waals surface area contributed by atoms with Crippen LogP contribution in [-0.2, 0) is 0 Å². The highest BCUT2D eigenvalue weighted by Crippen LogP contribution is 2.39. The summed E-state index contributed by atoms with van der Waals surface area (Å²) in [5.41, 5.74) is 2.15. The predicted molar refractivity (Wildman–Crippen MR) is 82.0 cm³/mol. The van der Waals surface area contributed by atoms with Gasteiger partial charge in [0.2, 0.25) is 0 Å². The Kier molecular flexibility index (Phi) is 3.46. The number of pyridine rings is 1. The van der Waals surface area contributed by atoms with Crippen LogP contribution in [0.1, 0.15) is 25.1 Å². The lowest BCUT2D eigenvalue weighted by atomic mass is 9.89. The number of ether oxygens (including phenoxy) is 1. The largest absolute Gasteiger partial charge is 0.492 e. The first-order chi connectivity index (χ1) is 9.96. The van der Waals surface area contributed by atoms with Crippen LogP contribution >= 0.6 is 11.6 Å². The first kappa shape index (κ1) is 14.1. The summed E-state index contributed by atoms with van der Waals surface area (Å²) in [5, 5.41) is 0.0637. The van der Waals surface area contributed by atoms with E-state index in [4.69, 9.17) is 16.3 Å². The first-order valence-corrected chi connectivity index (χ1v) is 7.10. The molecule has 0 N–H and O–H groups in total. The van der Waals surface area contributed by atoms with E-state index in [1.54, 1.807) is 6.20 Å². The van der Waals surface area contributed by atoms with Gasteiger partial charge in [-0.2, -0.15) is 0 Å². The van der Waals surface area contributed by atoms with E-state index >= 15 is 0 Å². The third-order valence-electron chi connectivity index (χ3n) is 3.39. The molecule has 0 unspecified atom stereocenters. The molecule has 21 heavy (non-hydrogen) atoms. The van der Waals surface area contributed by atoms with Gasteiger partial charge in [-0.15, -0.1) is 0 Å². The van der Waals surface area contributed by atoms with E-state index in [1.807, 2.05) is 18.2 Å². The van der Waals surface area contributed by atoms with Crippen LogP contribution in [-0.4, -0.2) is 11.6 Å². The number of fused-ring (bicyclic) bond motifs is 1. The second kappa shape index (κ2) is 5.15. The maximum Gasteiger partial charge on any atom is 0.142 e. The van der Waals surface area contributed by atoms with Crippen LogP contribution in [0.2, 0.25) is 5.02 Å². The van der Waals surface area contributed by atoms with Gasteiger partial charge in [0, 0.05) is 28.8 Å². The fraction of sp³-hybridized carbons (Fsp3) is 0.235. The smallest absolute Gasteiger partial charge is 0.142 e. The van der Waals surface area contributed by atoms with Crippen LogP contribution < -0.4 is 4.74 Å². The SMILES string of the molecule is CC1(C)C=C(c2ccccn2)c2cc(F)c(Cl)cc2OC1. The third-order valence-corrected chi connectivity index (χ3v) is 3.68. The van der Waals surface area contributed by atoms with Crippen LogP contribution in [0.3, 0.4) is 0 Å². The molecular weight excluding hydrogens is 289 g/mol. The van der Waals surface area contributed by atoms with Crippen LogP contribution in [0.25, 0.3) is 5.57 Å². The molecule has 1 aliphatic rings. The normalized spacial score (nSPS) is 16.5. The third kappa shape index (κ3) is 2.79. The fourth-order valence-corrected chi connectivity index (χ4v) is 2.52. The number of nitrogens with zero attached hydrogens (tertiary/aromatic N) is 1. The zero-order valence-corrected chi connectivity index (χ0v) is 12.6. The summed E-state index contributed by atoms with van der Waals surface area (Å²) in [6.07, 6.45) is 3.80. The lowest BCUT2D eigenvalue weighted by Crippen LogP contribution is -2.17. The van der Waals surface area contributed by atoms with Crippen LogP contribution in [0.15, 0.2) is 42.6 Å². The summed E-state index contributed by atoms with van der Waals surface area (Å²) in [5.74, 6) is 0.129. The molecule has 0 aliphatic carbocycles. The number of rotatable bonds is 1. The number of hydrogen-bond donors (Lipinski definition) is 0. The Morgan fingerprint density at radius 1 is 1.29 bits per heavy atom. The highest BCUT2D eigenvalue weighted by molar-refractivity contribution is 6.31.